The molecule has 0 spiro atoms. The van der Waals surface area contributed by atoms with Gasteiger partial charge >= 0.3 is 5.97 Å². The minimum absolute atomic E-state index is 0.270. The van der Waals surface area contributed by atoms with Gasteiger partial charge in [-0.1, -0.05) is 6.07 Å². The van der Waals surface area contributed by atoms with Gasteiger partial charge in [-0.05, 0) is 37.4 Å². The zero-order chi connectivity index (χ0) is 10.8. The molecule has 1 saturated heterocycles. The average molecular weight is 225 g/mol. The number of carboxylic acids is 1. The average Bonchev–Trinajstić information content (AvgIpc) is 2.77. The van der Waals surface area contributed by atoms with Crippen LogP contribution in [0.2, 0.25) is 0 Å². The van der Waals surface area contributed by atoms with E-state index in [1.54, 1.807) is 11.3 Å². The molecular formula is C11H15NO2S. The smallest absolute Gasteiger partial charge is 0.312 e. The van der Waals surface area contributed by atoms with Crippen LogP contribution in [0.1, 0.15) is 17.2 Å². The number of rotatable bonds is 3. The van der Waals surface area contributed by atoms with E-state index in [-0.39, 0.29) is 11.8 Å². The Balaban J connectivity index is 2.17. The fraction of sp³-hybridized carbons (Fsp3) is 0.545. The first-order valence-corrected chi connectivity index (χ1v) is 6.01. The Morgan fingerprint density at radius 3 is 3.00 bits per heavy atom. The van der Waals surface area contributed by atoms with Crippen molar-refractivity contribution in [2.24, 2.45) is 5.92 Å². The SMILES string of the molecule is CN1CCC(C(C(=O)O)c2cccs2)C1. The molecule has 3 nitrogen and oxygen atoms in total. The molecule has 1 fully saturated rings. The van der Waals surface area contributed by atoms with Crippen LogP contribution in [0.3, 0.4) is 0 Å². The Morgan fingerprint density at radius 1 is 1.73 bits per heavy atom. The van der Waals surface area contributed by atoms with E-state index < -0.39 is 5.97 Å². The second-order valence-corrected chi connectivity index (χ2v) is 5.12. The fourth-order valence-corrected chi connectivity index (χ4v) is 3.18. The number of thiophene rings is 1. The first-order valence-electron chi connectivity index (χ1n) is 5.13. The van der Waals surface area contributed by atoms with E-state index >= 15 is 0 Å². The van der Waals surface area contributed by atoms with Crippen LogP contribution in [-0.4, -0.2) is 36.1 Å². The van der Waals surface area contributed by atoms with Crippen molar-refractivity contribution in [2.75, 3.05) is 20.1 Å². The number of hydrogen-bond acceptors (Lipinski definition) is 3. The molecule has 2 rings (SSSR count). The molecular weight excluding hydrogens is 210 g/mol. The van der Waals surface area contributed by atoms with Gasteiger partial charge in [0.25, 0.3) is 0 Å². The summed E-state index contributed by atoms with van der Waals surface area (Å²) in [5, 5.41) is 11.2. The first-order chi connectivity index (χ1) is 7.18. The summed E-state index contributed by atoms with van der Waals surface area (Å²) in [6.45, 7) is 1.91. The van der Waals surface area contributed by atoms with Crippen LogP contribution in [0, 0.1) is 5.92 Å². The van der Waals surface area contributed by atoms with Crippen molar-refractivity contribution in [3.8, 4) is 0 Å². The molecule has 2 atom stereocenters. The summed E-state index contributed by atoms with van der Waals surface area (Å²) in [5.41, 5.74) is 0. The number of likely N-dealkylation sites (tertiary alicyclic amines) is 1. The topological polar surface area (TPSA) is 40.5 Å². The van der Waals surface area contributed by atoms with Crippen LogP contribution < -0.4 is 0 Å². The van der Waals surface area contributed by atoms with Gasteiger partial charge in [-0.15, -0.1) is 11.3 Å². The molecule has 1 N–H and O–H groups in total. The number of aliphatic carboxylic acids is 1. The molecule has 1 aliphatic rings. The maximum absolute atomic E-state index is 11.3. The van der Waals surface area contributed by atoms with Gasteiger partial charge in [-0.25, -0.2) is 0 Å². The van der Waals surface area contributed by atoms with E-state index in [0.717, 1.165) is 24.4 Å². The van der Waals surface area contributed by atoms with E-state index in [0.29, 0.717) is 0 Å². The Morgan fingerprint density at radius 2 is 2.53 bits per heavy atom. The molecule has 0 saturated carbocycles. The highest BCUT2D eigenvalue weighted by atomic mass is 32.1. The lowest BCUT2D eigenvalue weighted by atomic mass is 9.90. The fourth-order valence-electron chi connectivity index (χ4n) is 2.27. The molecule has 0 aromatic carbocycles. The molecule has 82 valence electrons. The van der Waals surface area contributed by atoms with Crippen molar-refractivity contribution in [1.82, 2.24) is 4.90 Å². The van der Waals surface area contributed by atoms with E-state index in [1.165, 1.54) is 0 Å². The molecule has 0 radical (unpaired) electrons. The van der Waals surface area contributed by atoms with Crippen LogP contribution in [0.5, 0.6) is 0 Å². The molecule has 15 heavy (non-hydrogen) atoms. The van der Waals surface area contributed by atoms with Crippen molar-refractivity contribution >= 4 is 17.3 Å². The first kappa shape index (κ1) is 10.6. The molecule has 1 aromatic rings. The standard InChI is InChI=1S/C11H15NO2S/c1-12-5-4-8(7-12)10(11(13)14)9-3-2-6-15-9/h2-3,6,8,10H,4-5,7H2,1H3,(H,13,14). The van der Waals surface area contributed by atoms with Gasteiger partial charge in [0.05, 0.1) is 5.92 Å². The van der Waals surface area contributed by atoms with E-state index in [4.69, 9.17) is 0 Å². The van der Waals surface area contributed by atoms with Gasteiger partial charge in [0.15, 0.2) is 0 Å². The van der Waals surface area contributed by atoms with Crippen molar-refractivity contribution in [3.63, 3.8) is 0 Å². The number of nitrogens with zero attached hydrogens (tertiary/aromatic N) is 1. The van der Waals surface area contributed by atoms with Crippen LogP contribution >= 0.6 is 11.3 Å². The molecule has 0 bridgehead atoms. The third kappa shape index (κ3) is 2.21. The van der Waals surface area contributed by atoms with Gasteiger partial charge in [0.1, 0.15) is 0 Å². The molecule has 1 aromatic heterocycles. The summed E-state index contributed by atoms with van der Waals surface area (Å²) in [6.07, 6.45) is 0.991. The molecule has 2 heterocycles. The molecule has 0 aliphatic carbocycles. The number of carbonyl (C=O) groups is 1. The number of carboxylic acid groups (broad SMARTS) is 1. The largest absolute Gasteiger partial charge is 0.481 e. The highest BCUT2D eigenvalue weighted by Crippen LogP contribution is 2.34. The summed E-state index contributed by atoms with van der Waals surface area (Å²) in [6, 6.07) is 3.86. The van der Waals surface area contributed by atoms with Gasteiger partial charge < -0.3 is 10.0 Å². The van der Waals surface area contributed by atoms with E-state index in [9.17, 15) is 9.90 Å². The van der Waals surface area contributed by atoms with Crippen LogP contribution in [0.25, 0.3) is 0 Å². The van der Waals surface area contributed by atoms with Crippen LogP contribution in [0.15, 0.2) is 17.5 Å². The predicted octanol–water partition coefficient (Wildman–Crippen LogP) is 1.87. The third-order valence-electron chi connectivity index (χ3n) is 3.01. The minimum atomic E-state index is -0.683. The van der Waals surface area contributed by atoms with Crippen LogP contribution in [0.4, 0.5) is 0 Å². The summed E-state index contributed by atoms with van der Waals surface area (Å²) in [7, 11) is 2.05. The zero-order valence-corrected chi connectivity index (χ0v) is 9.54. The van der Waals surface area contributed by atoms with Crippen molar-refractivity contribution in [2.45, 2.75) is 12.3 Å². The van der Waals surface area contributed by atoms with E-state index in [2.05, 4.69) is 4.90 Å². The lowest BCUT2D eigenvalue weighted by Crippen LogP contribution is -2.23. The zero-order valence-electron chi connectivity index (χ0n) is 8.72. The van der Waals surface area contributed by atoms with Gasteiger partial charge in [0, 0.05) is 11.4 Å². The van der Waals surface area contributed by atoms with Crippen molar-refractivity contribution in [3.05, 3.63) is 22.4 Å². The van der Waals surface area contributed by atoms with Gasteiger partial charge in [-0.3, -0.25) is 4.79 Å². The maximum Gasteiger partial charge on any atom is 0.312 e. The highest BCUT2D eigenvalue weighted by Gasteiger charge is 2.34. The third-order valence-corrected chi connectivity index (χ3v) is 3.97. The van der Waals surface area contributed by atoms with Gasteiger partial charge in [0.2, 0.25) is 0 Å². The molecule has 2 unspecified atom stereocenters. The summed E-state index contributed by atoms with van der Waals surface area (Å²) in [5.74, 6) is -0.723. The quantitative estimate of drug-likeness (QED) is 0.853. The molecule has 4 heteroatoms. The van der Waals surface area contributed by atoms with Crippen LogP contribution in [-0.2, 0) is 4.79 Å². The Bertz CT molecular complexity index is 336. The normalized spacial score (nSPS) is 24.2. The monoisotopic (exact) mass is 225 g/mol. The Kier molecular flexibility index (Phi) is 3.07. The summed E-state index contributed by atoms with van der Waals surface area (Å²) >= 11 is 1.55. The lowest BCUT2D eigenvalue weighted by Gasteiger charge is -2.17. The maximum atomic E-state index is 11.3. The second-order valence-electron chi connectivity index (χ2n) is 4.14. The Hall–Kier alpha value is -0.870. The summed E-state index contributed by atoms with van der Waals surface area (Å²) < 4.78 is 0. The lowest BCUT2D eigenvalue weighted by molar-refractivity contribution is -0.140. The highest BCUT2D eigenvalue weighted by molar-refractivity contribution is 7.10. The van der Waals surface area contributed by atoms with Crippen molar-refractivity contribution in [1.29, 1.82) is 0 Å². The van der Waals surface area contributed by atoms with Crippen molar-refractivity contribution < 1.29 is 9.90 Å². The second kappa shape index (κ2) is 4.33. The molecule has 0 amide bonds. The van der Waals surface area contributed by atoms with Gasteiger partial charge in [-0.2, -0.15) is 0 Å². The number of hydrogen-bond donors (Lipinski definition) is 1. The predicted molar refractivity (Wildman–Crippen MR) is 60.3 cm³/mol. The minimum Gasteiger partial charge on any atom is -0.481 e. The van der Waals surface area contributed by atoms with E-state index in [1.807, 2.05) is 24.6 Å². The summed E-state index contributed by atoms with van der Waals surface area (Å²) in [4.78, 5) is 14.5. The molecule has 1 aliphatic heterocycles. The Labute approximate surface area is 93.3 Å².